The number of rotatable bonds is 3. The Labute approximate surface area is 73.4 Å². The van der Waals surface area contributed by atoms with Crippen LogP contribution in [0.4, 0.5) is 0 Å². The molecular formula is C8H15NO2S. The SMILES string of the molecule is NS(=O)(=O)CC1CC(C2CC2)C1. The summed E-state index contributed by atoms with van der Waals surface area (Å²) in [5.41, 5.74) is 0. The molecule has 2 saturated carbocycles. The lowest BCUT2D eigenvalue weighted by molar-refractivity contribution is 0.187. The van der Waals surface area contributed by atoms with E-state index in [1.807, 2.05) is 0 Å². The Hall–Kier alpha value is -0.0900. The molecule has 0 radical (unpaired) electrons. The van der Waals surface area contributed by atoms with Gasteiger partial charge in [0.2, 0.25) is 10.0 Å². The number of hydrogen-bond acceptors (Lipinski definition) is 2. The highest BCUT2D eigenvalue weighted by Gasteiger charge is 2.40. The van der Waals surface area contributed by atoms with Crippen LogP contribution in [0.25, 0.3) is 0 Å². The molecule has 2 N–H and O–H groups in total. The molecule has 2 aliphatic carbocycles. The summed E-state index contributed by atoms with van der Waals surface area (Å²) in [4.78, 5) is 0. The Morgan fingerprint density at radius 1 is 1.17 bits per heavy atom. The Balaban J connectivity index is 1.74. The zero-order chi connectivity index (χ0) is 8.77. The molecule has 0 heterocycles. The van der Waals surface area contributed by atoms with E-state index < -0.39 is 10.0 Å². The maximum absolute atomic E-state index is 10.7. The lowest BCUT2D eigenvalue weighted by Crippen LogP contribution is -2.33. The number of nitrogens with two attached hydrogens (primary N) is 1. The number of primary sulfonamides is 1. The van der Waals surface area contributed by atoms with Gasteiger partial charge >= 0.3 is 0 Å². The Kier molecular flexibility index (Phi) is 1.92. The first-order valence-corrected chi connectivity index (χ1v) is 6.26. The van der Waals surface area contributed by atoms with Gasteiger partial charge in [0.05, 0.1) is 5.75 Å². The third-order valence-electron chi connectivity index (χ3n) is 3.03. The predicted molar refractivity (Wildman–Crippen MR) is 46.9 cm³/mol. The molecule has 12 heavy (non-hydrogen) atoms. The van der Waals surface area contributed by atoms with E-state index in [4.69, 9.17) is 5.14 Å². The smallest absolute Gasteiger partial charge is 0.209 e. The number of sulfonamides is 1. The zero-order valence-corrected chi connectivity index (χ0v) is 7.89. The average molecular weight is 189 g/mol. The van der Waals surface area contributed by atoms with Crippen molar-refractivity contribution >= 4 is 10.0 Å². The maximum Gasteiger partial charge on any atom is 0.209 e. The van der Waals surface area contributed by atoms with Crippen LogP contribution in [0.5, 0.6) is 0 Å². The van der Waals surface area contributed by atoms with E-state index >= 15 is 0 Å². The normalized spacial score (nSPS) is 36.1. The maximum atomic E-state index is 10.7. The fourth-order valence-electron chi connectivity index (χ4n) is 2.20. The van der Waals surface area contributed by atoms with Crippen LogP contribution in [0.3, 0.4) is 0 Å². The summed E-state index contributed by atoms with van der Waals surface area (Å²) in [7, 11) is -3.21. The van der Waals surface area contributed by atoms with Gasteiger partial charge in [0.15, 0.2) is 0 Å². The summed E-state index contributed by atoms with van der Waals surface area (Å²) in [6, 6.07) is 0. The molecule has 0 saturated heterocycles. The van der Waals surface area contributed by atoms with Gasteiger partial charge in [-0.2, -0.15) is 0 Å². The van der Waals surface area contributed by atoms with Crippen molar-refractivity contribution in [3.05, 3.63) is 0 Å². The molecule has 0 aromatic heterocycles. The highest BCUT2D eigenvalue weighted by Crippen LogP contribution is 2.49. The molecular weight excluding hydrogens is 174 g/mol. The third kappa shape index (κ3) is 1.98. The number of hydrogen-bond donors (Lipinski definition) is 1. The quantitative estimate of drug-likeness (QED) is 0.710. The predicted octanol–water partition coefficient (Wildman–Crippen LogP) is 0.711. The fourth-order valence-corrected chi connectivity index (χ4v) is 3.13. The van der Waals surface area contributed by atoms with Crippen LogP contribution in [0.15, 0.2) is 0 Å². The van der Waals surface area contributed by atoms with Gasteiger partial charge in [0, 0.05) is 0 Å². The fraction of sp³-hybridized carbons (Fsp3) is 1.00. The second kappa shape index (κ2) is 2.70. The molecule has 0 bridgehead atoms. The standard InChI is InChI=1S/C8H15NO2S/c9-12(10,11)5-6-3-8(4-6)7-1-2-7/h6-8H,1-5H2,(H2,9,10,11). The van der Waals surface area contributed by atoms with Crippen LogP contribution < -0.4 is 5.14 Å². The third-order valence-corrected chi connectivity index (χ3v) is 3.96. The van der Waals surface area contributed by atoms with Crippen molar-refractivity contribution in [3.63, 3.8) is 0 Å². The monoisotopic (exact) mass is 189 g/mol. The van der Waals surface area contributed by atoms with Gasteiger partial charge in [0.1, 0.15) is 0 Å². The molecule has 2 rings (SSSR count). The minimum Gasteiger partial charge on any atom is -0.229 e. The Morgan fingerprint density at radius 2 is 1.75 bits per heavy atom. The molecule has 0 amide bonds. The van der Waals surface area contributed by atoms with E-state index in [2.05, 4.69) is 0 Å². The Bertz CT molecular complexity index is 263. The van der Waals surface area contributed by atoms with Gasteiger partial charge in [-0.1, -0.05) is 0 Å². The van der Waals surface area contributed by atoms with Crippen LogP contribution in [-0.4, -0.2) is 14.2 Å². The van der Waals surface area contributed by atoms with Gasteiger partial charge in [-0.3, -0.25) is 0 Å². The van der Waals surface area contributed by atoms with E-state index in [0.29, 0.717) is 5.92 Å². The van der Waals surface area contributed by atoms with Crippen molar-refractivity contribution in [2.24, 2.45) is 22.9 Å². The molecule has 4 heteroatoms. The van der Waals surface area contributed by atoms with Crippen molar-refractivity contribution in [2.75, 3.05) is 5.75 Å². The van der Waals surface area contributed by atoms with E-state index in [1.54, 1.807) is 0 Å². The summed E-state index contributed by atoms with van der Waals surface area (Å²) in [6.45, 7) is 0. The highest BCUT2D eigenvalue weighted by atomic mass is 32.2. The highest BCUT2D eigenvalue weighted by molar-refractivity contribution is 7.89. The van der Waals surface area contributed by atoms with Gasteiger partial charge in [0.25, 0.3) is 0 Å². The van der Waals surface area contributed by atoms with Crippen molar-refractivity contribution < 1.29 is 8.42 Å². The molecule has 0 atom stereocenters. The van der Waals surface area contributed by atoms with Crippen molar-refractivity contribution in [2.45, 2.75) is 25.7 Å². The van der Waals surface area contributed by atoms with Crippen molar-refractivity contribution in [1.82, 2.24) is 0 Å². The second-order valence-electron chi connectivity index (χ2n) is 4.26. The first kappa shape index (κ1) is 8.51. The minimum atomic E-state index is -3.21. The van der Waals surface area contributed by atoms with Gasteiger partial charge in [-0.05, 0) is 43.4 Å². The zero-order valence-electron chi connectivity index (χ0n) is 7.07. The average Bonchev–Trinajstić information content (AvgIpc) is 2.56. The molecule has 3 nitrogen and oxygen atoms in total. The summed E-state index contributed by atoms with van der Waals surface area (Å²) < 4.78 is 21.4. The minimum absolute atomic E-state index is 0.205. The van der Waals surface area contributed by atoms with Gasteiger partial charge in [-0.15, -0.1) is 0 Å². The first-order valence-electron chi connectivity index (χ1n) is 4.55. The molecule has 70 valence electrons. The largest absolute Gasteiger partial charge is 0.229 e. The lowest BCUT2D eigenvalue weighted by atomic mass is 9.73. The Morgan fingerprint density at radius 3 is 2.17 bits per heavy atom. The summed E-state index contributed by atoms with van der Waals surface area (Å²) in [5.74, 6) is 2.33. The topological polar surface area (TPSA) is 60.2 Å². The van der Waals surface area contributed by atoms with E-state index in [1.165, 1.54) is 12.8 Å². The van der Waals surface area contributed by atoms with Crippen LogP contribution in [0, 0.1) is 17.8 Å². The molecule has 2 fully saturated rings. The van der Waals surface area contributed by atoms with Crippen molar-refractivity contribution in [1.29, 1.82) is 0 Å². The summed E-state index contributed by atoms with van der Waals surface area (Å²) >= 11 is 0. The molecule has 0 aromatic carbocycles. The molecule has 0 spiro atoms. The first-order chi connectivity index (χ1) is 5.54. The molecule has 2 aliphatic rings. The van der Waals surface area contributed by atoms with Crippen LogP contribution in [0.2, 0.25) is 0 Å². The van der Waals surface area contributed by atoms with E-state index in [-0.39, 0.29) is 5.75 Å². The summed E-state index contributed by atoms with van der Waals surface area (Å²) in [6.07, 6.45) is 4.93. The molecule has 0 unspecified atom stereocenters. The van der Waals surface area contributed by atoms with Crippen LogP contribution in [0.1, 0.15) is 25.7 Å². The van der Waals surface area contributed by atoms with Gasteiger partial charge < -0.3 is 0 Å². The summed E-state index contributed by atoms with van der Waals surface area (Å²) in [5, 5.41) is 4.96. The van der Waals surface area contributed by atoms with Gasteiger partial charge in [-0.25, -0.2) is 13.6 Å². The van der Waals surface area contributed by atoms with Crippen molar-refractivity contribution in [3.8, 4) is 0 Å². The van der Waals surface area contributed by atoms with Crippen LogP contribution >= 0.6 is 0 Å². The van der Waals surface area contributed by atoms with E-state index in [0.717, 1.165) is 24.7 Å². The lowest BCUT2D eigenvalue weighted by Gasteiger charge is -2.34. The molecule has 0 aliphatic heterocycles. The van der Waals surface area contributed by atoms with Crippen LogP contribution in [-0.2, 0) is 10.0 Å². The molecule has 0 aromatic rings. The van der Waals surface area contributed by atoms with E-state index in [9.17, 15) is 8.42 Å². The second-order valence-corrected chi connectivity index (χ2v) is 5.92.